The molecule has 2 aromatic carbocycles. The van der Waals surface area contributed by atoms with E-state index >= 15 is 0 Å². The Morgan fingerprint density at radius 3 is 2.45 bits per heavy atom. The summed E-state index contributed by atoms with van der Waals surface area (Å²) in [7, 11) is 1.68. The van der Waals surface area contributed by atoms with Crippen molar-refractivity contribution in [1.82, 2.24) is 5.32 Å². The second-order valence-electron chi connectivity index (χ2n) is 4.48. The first-order valence-electron chi connectivity index (χ1n) is 6.02. The smallest absolute Gasteiger partial charge is 0.134 e. The van der Waals surface area contributed by atoms with E-state index in [0.29, 0.717) is 5.56 Å². The van der Waals surface area contributed by atoms with E-state index in [1.807, 2.05) is 18.2 Å². The molecule has 0 heterocycles. The molecule has 1 N–H and O–H groups in total. The number of aryl methyl sites for hydroxylation is 1. The van der Waals surface area contributed by atoms with E-state index in [1.54, 1.807) is 14.0 Å². The monoisotopic (exact) mass is 403 g/mol. The molecule has 0 fully saturated rings. The Balaban J connectivity index is 2.64. The lowest BCUT2D eigenvalue weighted by molar-refractivity contribution is 0.517. The number of hydrogen-bond donors (Lipinski definition) is 1. The maximum Gasteiger partial charge on any atom is 0.134 e. The Bertz CT molecular complexity index is 644. The molecule has 1 atom stereocenters. The Kier molecular flexibility index (Phi) is 4.94. The molecule has 0 spiro atoms. The molecule has 0 radical (unpaired) electrons. The number of nitrogens with one attached hydrogen (secondary N) is 1. The second kappa shape index (κ2) is 6.33. The third-order valence-electron chi connectivity index (χ3n) is 3.17. The number of benzene rings is 2. The van der Waals surface area contributed by atoms with E-state index < -0.39 is 17.7 Å². The first kappa shape index (κ1) is 15.6. The van der Waals surface area contributed by atoms with Gasteiger partial charge in [-0.1, -0.05) is 37.9 Å². The number of halogens is 4. The zero-order chi connectivity index (χ0) is 14.9. The molecule has 20 heavy (non-hydrogen) atoms. The van der Waals surface area contributed by atoms with Crippen LogP contribution < -0.4 is 5.32 Å². The highest BCUT2D eigenvalue weighted by molar-refractivity contribution is 9.11. The fourth-order valence-electron chi connectivity index (χ4n) is 2.13. The molecule has 1 nitrogen and oxygen atoms in total. The van der Waals surface area contributed by atoms with Crippen LogP contribution in [0.4, 0.5) is 8.78 Å². The van der Waals surface area contributed by atoms with Crippen molar-refractivity contribution < 1.29 is 8.78 Å². The lowest BCUT2D eigenvalue weighted by Crippen LogP contribution is -2.21. The summed E-state index contributed by atoms with van der Waals surface area (Å²) in [6.45, 7) is 1.63. The van der Waals surface area contributed by atoms with Gasteiger partial charge < -0.3 is 5.32 Å². The van der Waals surface area contributed by atoms with Gasteiger partial charge in [-0.2, -0.15) is 0 Å². The molecule has 0 bridgehead atoms. The van der Waals surface area contributed by atoms with Crippen LogP contribution in [0.15, 0.2) is 39.3 Å². The summed E-state index contributed by atoms with van der Waals surface area (Å²) in [5, 5.41) is 2.98. The molecule has 5 heteroatoms. The van der Waals surface area contributed by atoms with Crippen molar-refractivity contribution >= 4 is 31.9 Å². The molecule has 0 aliphatic rings. The van der Waals surface area contributed by atoms with Gasteiger partial charge in [0.05, 0.1) is 6.04 Å². The maximum atomic E-state index is 14.3. The largest absolute Gasteiger partial charge is 0.309 e. The number of hydrogen-bond acceptors (Lipinski definition) is 1. The molecular formula is C15H13Br2F2N. The van der Waals surface area contributed by atoms with E-state index in [4.69, 9.17) is 0 Å². The molecule has 0 saturated heterocycles. The molecule has 2 aromatic rings. The molecule has 0 aromatic heterocycles. The van der Waals surface area contributed by atoms with E-state index in [2.05, 4.69) is 37.2 Å². The van der Waals surface area contributed by atoms with E-state index in [9.17, 15) is 8.78 Å². The van der Waals surface area contributed by atoms with Crippen LogP contribution in [0, 0.1) is 18.6 Å². The van der Waals surface area contributed by atoms with Crippen LogP contribution in [0.2, 0.25) is 0 Å². The first-order valence-corrected chi connectivity index (χ1v) is 7.61. The van der Waals surface area contributed by atoms with Crippen molar-refractivity contribution in [3.63, 3.8) is 0 Å². The molecule has 0 amide bonds. The van der Waals surface area contributed by atoms with Crippen molar-refractivity contribution in [2.24, 2.45) is 0 Å². The van der Waals surface area contributed by atoms with Crippen molar-refractivity contribution in [2.75, 3.05) is 7.05 Å². The zero-order valence-corrected chi connectivity index (χ0v) is 14.1. The van der Waals surface area contributed by atoms with Crippen LogP contribution in [-0.4, -0.2) is 7.05 Å². The fraction of sp³-hybridized carbons (Fsp3) is 0.200. The fourth-order valence-corrected chi connectivity index (χ4v) is 2.99. The summed E-state index contributed by atoms with van der Waals surface area (Å²) >= 11 is 6.81. The quantitative estimate of drug-likeness (QED) is 0.749. The van der Waals surface area contributed by atoms with Crippen molar-refractivity contribution in [2.45, 2.75) is 13.0 Å². The predicted molar refractivity (Wildman–Crippen MR) is 83.8 cm³/mol. The molecule has 2 rings (SSSR count). The third kappa shape index (κ3) is 2.95. The minimum Gasteiger partial charge on any atom is -0.309 e. The van der Waals surface area contributed by atoms with Gasteiger partial charge in [0.25, 0.3) is 0 Å². The topological polar surface area (TPSA) is 12.0 Å². The summed E-state index contributed by atoms with van der Waals surface area (Å²) in [4.78, 5) is 0. The van der Waals surface area contributed by atoms with Gasteiger partial charge >= 0.3 is 0 Å². The van der Waals surface area contributed by atoms with Gasteiger partial charge in [-0.3, -0.25) is 0 Å². The molecule has 0 saturated carbocycles. The highest BCUT2D eigenvalue weighted by Crippen LogP contribution is 2.34. The van der Waals surface area contributed by atoms with Crippen molar-refractivity contribution in [3.8, 4) is 0 Å². The van der Waals surface area contributed by atoms with Gasteiger partial charge in [0.2, 0.25) is 0 Å². The normalized spacial score (nSPS) is 12.5. The second-order valence-corrected chi connectivity index (χ2v) is 6.25. The zero-order valence-electron chi connectivity index (χ0n) is 11.0. The Morgan fingerprint density at radius 1 is 1.10 bits per heavy atom. The third-order valence-corrected chi connectivity index (χ3v) is 4.38. The average Bonchev–Trinajstić information content (AvgIpc) is 2.42. The molecular weight excluding hydrogens is 392 g/mol. The van der Waals surface area contributed by atoms with Gasteiger partial charge in [-0.25, -0.2) is 8.78 Å². The van der Waals surface area contributed by atoms with Gasteiger partial charge in [0.1, 0.15) is 11.6 Å². The van der Waals surface area contributed by atoms with Crippen LogP contribution in [-0.2, 0) is 0 Å². The van der Waals surface area contributed by atoms with E-state index in [0.717, 1.165) is 14.5 Å². The molecule has 106 valence electrons. The highest BCUT2D eigenvalue weighted by atomic mass is 79.9. The van der Waals surface area contributed by atoms with E-state index in [-0.39, 0.29) is 5.56 Å². The first-order chi connectivity index (χ1) is 9.45. The van der Waals surface area contributed by atoms with Crippen LogP contribution in [0.1, 0.15) is 22.7 Å². The minimum atomic E-state index is -0.568. The summed E-state index contributed by atoms with van der Waals surface area (Å²) < 4.78 is 30.0. The SMILES string of the molecule is CNC(c1cc(Br)ccc1Br)c1c(F)ccc(C)c1F. The van der Waals surface area contributed by atoms with E-state index in [1.165, 1.54) is 12.1 Å². The summed E-state index contributed by atoms with van der Waals surface area (Å²) in [5.41, 5.74) is 1.23. The van der Waals surface area contributed by atoms with Crippen LogP contribution >= 0.6 is 31.9 Å². The molecule has 0 aliphatic heterocycles. The van der Waals surface area contributed by atoms with Crippen LogP contribution in [0.25, 0.3) is 0 Å². The Labute approximate surface area is 133 Å². The predicted octanol–water partition coefficient (Wildman–Crippen LogP) is 5.11. The summed E-state index contributed by atoms with van der Waals surface area (Å²) in [6, 6.07) is 7.72. The maximum absolute atomic E-state index is 14.3. The lowest BCUT2D eigenvalue weighted by Gasteiger charge is -2.21. The number of rotatable bonds is 3. The standard InChI is InChI=1S/C15H13Br2F2N/c1-8-3-6-12(18)13(14(8)19)15(20-2)10-7-9(16)4-5-11(10)17/h3-7,15,20H,1-2H3. The van der Waals surface area contributed by atoms with Crippen molar-refractivity contribution in [1.29, 1.82) is 0 Å². The van der Waals surface area contributed by atoms with Gasteiger partial charge in [-0.15, -0.1) is 0 Å². The van der Waals surface area contributed by atoms with Crippen LogP contribution in [0.5, 0.6) is 0 Å². The molecule has 1 unspecified atom stereocenters. The Hall–Kier alpha value is -0.780. The molecule has 0 aliphatic carbocycles. The average molecular weight is 405 g/mol. The van der Waals surface area contributed by atoms with Crippen LogP contribution in [0.3, 0.4) is 0 Å². The highest BCUT2D eigenvalue weighted by Gasteiger charge is 2.23. The minimum absolute atomic E-state index is 0.0336. The van der Waals surface area contributed by atoms with Gasteiger partial charge in [0, 0.05) is 14.5 Å². The van der Waals surface area contributed by atoms with Gasteiger partial charge in [0.15, 0.2) is 0 Å². The van der Waals surface area contributed by atoms with Gasteiger partial charge in [-0.05, 0) is 49.4 Å². The Morgan fingerprint density at radius 2 is 1.80 bits per heavy atom. The lowest BCUT2D eigenvalue weighted by atomic mass is 9.96. The summed E-state index contributed by atoms with van der Waals surface area (Å²) in [6.07, 6.45) is 0. The summed E-state index contributed by atoms with van der Waals surface area (Å²) in [5.74, 6) is -1.07. The van der Waals surface area contributed by atoms with Crippen molar-refractivity contribution in [3.05, 3.63) is 67.6 Å².